The van der Waals surface area contributed by atoms with Crippen LogP contribution in [0.5, 0.6) is 5.75 Å². The third-order valence-corrected chi connectivity index (χ3v) is 4.54. The van der Waals surface area contributed by atoms with E-state index >= 15 is 0 Å². The highest BCUT2D eigenvalue weighted by Crippen LogP contribution is 2.22. The average Bonchev–Trinajstić information content (AvgIpc) is 2.86. The first-order valence-electron chi connectivity index (χ1n) is 8.71. The van der Waals surface area contributed by atoms with Gasteiger partial charge in [0.25, 0.3) is 11.8 Å². The Morgan fingerprint density at radius 3 is 2.79 bits per heavy atom. The molecule has 29 heavy (non-hydrogen) atoms. The average molecular weight is 407 g/mol. The van der Waals surface area contributed by atoms with Crippen LogP contribution in [-0.4, -0.2) is 43.4 Å². The molecule has 1 atom stereocenters. The van der Waals surface area contributed by atoms with Crippen molar-refractivity contribution in [1.29, 1.82) is 0 Å². The number of allylic oxidation sites excluding steroid dienone is 4. The van der Waals surface area contributed by atoms with Crippen molar-refractivity contribution in [2.75, 3.05) is 20.8 Å². The number of nitrogens with zero attached hydrogens (tertiary/aromatic N) is 1. The van der Waals surface area contributed by atoms with E-state index in [0.717, 1.165) is 6.08 Å². The van der Waals surface area contributed by atoms with Gasteiger partial charge in [-0.15, -0.1) is 0 Å². The monoisotopic (exact) mass is 407 g/mol. The number of halogens is 2. The summed E-state index contributed by atoms with van der Waals surface area (Å²) in [6.45, 7) is -0.321. The second-order valence-corrected chi connectivity index (χ2v) is 6.30. The zero-order valence-electron chi connectivity index (χ0n) is 15.8. The van der Waals surface area contributed by atoms with Gasteiger partial charge in [0.05, 0.1) is 13.7 Å². The van der Waals surface area contributed by atoms with E-state index in [1.54, 1.807) is 0 Å². The number of carbonyl (C=O) groups is 2. The fourth-order valence-electron chi connectivity index (χ4n) is 3.05. The molecule has 0 saturated carbocycles. The van der Waals surface area contributed by atoms with Gasteiger partial charge < -0.3 is 24.7 Å². The smallest absolute Gasteiger partial charge is 0.273 e. The third kappa shape index (κ3) is 3.97. The number of hydrogen-bond donors (Lipinski definition) is 2. The van der Waals surface area contributed by atoms with Gasteiger partial charge in [-0.1, -0.05) is 6.08 Å². The van der Waals surface area contributed by atoms with E-state index < -0.39 is 41.7 Å². The van der Waals surface area contributed by atoms with Crippen LogP contribution in [0.2, 0.25) is 0 Å². The minimum Gasteiger partial charge on any atom is -0.491 e. The van der Waals surface area contributed by atoms with E-state index in [0.29, 0.717) is 0 Å². The number of fused-ring (bicyclic) bond motifs is 1. The Morgan fingerprint density at radius 2 is 2.10 bits per heavy atom. The minimum absolute atomic E-state index is 0.0426. The van der Waals surface area contributed by atoms with Crippen molar-refractivity contribution in [3.8, 4) is 5.75 Å². The molecule has 2 aliphatic rings. The molecule has 2 N–H and O–H groups in total. The molecular weight excluding hydrogens is 388 g/mol. The van der Waals surface area contributed by atoms with Crippen molar-refractivity contribution in [3.05, 3.63) is 63.1 Å². The Kier molecular flexibility index (Phi) is 5.92. The zero-order chi connectivity index (χ0) is 21.1. The van der Waals surface area contributed by atoms with Crippen LogP contribution < -0.4 is 20.8 Å². The highest BCUT2D eigenvalue weighted by Gasteiger charge is 2.31. The third-order valence-electron chi connectivity index (χ3n) is 4.54. The van der Waals surface area contributed by atoms with Crippen LogP contribution in [-0.2, 0) is 11.3 Å². The van der Waals surface area contributed by atoms with E-state index in [1.165, 1.54) is 37.1 Å². The normalized spacial score (nSPS) is 18.6. The van der Waals surface area contributed by atoms with Gasteiger partial charge in [0.15, 0.2) is 11.4 Å². The molecular formula is C19H19F2N3O5. The second-order valence-electron chi connectivity index (χ2n) is 6.30. The maximum Gasteiger partial charge on any atom is 0.273 e. The van der Waals surface area contributed by atoms with Crippen molar-refractivity contribution >= 4 is 11.8 Å². The van der Waals surface area contributed by atoms with E-state index in [4.69, 9.17) is 9.47 Å². The number of carbonyl (C=O) groups excluding carboxylic acids is 2. The van der Waals surface area contributed by atoms with Crippen LogP contribution in [0.4, 0.5) is 8.78 Å². The molecule has 1 unspecified atom stereocenters. The molecule has 0 saturated heterocycles. The van der Waals surface area contributed by atoms with Gasteiger partial charge >= 0.3 is 0 Å². The lowest BCUT2D eigenvalue weighted by atomic mass is 10.1. The lowest BCUT2D eigenvalue weighted by molar-refractivity contribution is 0.0396. The highest BCUT2D eigenvalue weighted by molar-refractivity contribution is 5.99. The summed E-state index contributed by atoms with van der Waals surface area (Å²) in [5.41, 5.74) is -1.51. The van der Waals surface area contributed by atoms with Crippen LogP contribution in [0.1, 0.15) is 27.3 Å². The SMILES string of the molecule is COc1c2n(cc(C(=O)NCC3=C(F)C=CCC=C3F)c1=O)CC(OC)NC2=O. The van der Waals surface area contributed by atoms with Gasteiger partial charge in [0, 0.05) is 25.4 Å². The van der Waals surface area contributed by atoms with E-state index in [1.807, 2.05) is 0 Å². The number of rotatable bonds is 5. The van der Waals surface area contributed by atoms with Crippen LogP contribution in [0.15, 0.2) is 46.4 Å². The number of nitrogens with one attached hydrogen (secondary N) is 2. The molecule has 0 radical (unpaired) electrons. The van der Waals surface area contributed by atoms with Crippen molar-refractivity contribution in [1.82, 2.24) is 15.2 Å². The lowest BCUT2D eigenvalue weighted by Gasteiger charge is -2.27. The Bertz CT molecular complexity index is 1010. The molecule has 0 aromatic carbocycles. The predicted molar refractivity (Wildman–Crippen MR) is 98.9 cm³/mol. The molecule has 0 fully saturated rings. The molecule has 8 nitrogen and oxygen atoms in total. The predicted octanol–water partition coefficient (Wildman–Crippen LogP) is 1.34. The van der Waals surface area contributed by atoms with Crippen LogP contribution in [0.25, 0.3) is 0 Å². The van der Waals surface area contributed by atoms with Crippen molar-refractivity contribution < 1.29 is 27.8 Å². The van der Waals surface area contributed by atoms with E-state index in [-0.39, 0.29) is 35.5 Å². The molecule has 0 spiro atoms. The van der Waals surface area contributed by atoms with Gasteiger partial charge in [-0.05, 0) is 18.6 Å². The van der Waals surface area contributed by atoms with Crippen LogP contribution >= 0.6 is 0 Å². The number of ether oxygens (including phenoxy) is 2. The summed E-state index contributed by atoms with van der Waals surface area (Å²) in [7, 11) is 2.60. The van der Waals surface area contributed by atoms with Crippen molar-refractivity contribution in [2.45, 2.75) is 19.2 Å². The topological polar surface area (TPSA) is 98.7 Å². The maximum absolute atomic E-state index is 14.0. The van der Waals surface area contributed by atoms with Gasteiger partial charge in [-0.2, -0.15) is 0 Å². The van der Waals surface area contributed by atoms with Gasteiger partial charge in [-0.25, -0.2) is 8.78 Å². The van der Waals surface area contributed by atoms with Crippen LogP contribution in [0.3, 0.4) is 0 Å². The Balaban J connectivity index is 1.93. The summed E-state index contributed by atoms with van der Waals surface area (Å²) in [6.07, 6.45) is 4.51. The Labute approximate surface area is 164 Å². The number of pyridine rings is 1. The van der Waals surface area contributed by atoms with Gasteiger partial charge in [0.1, 0.15) is 23.4 Å². The van der Waals surface area contributed by atoms with Crippen LogP contribution in [0, 0.1) is 0 Å². The molecule has 1 aliphatic carbocycles. The molecule has 0 bridgehead atoms. The molecule has 10 heteroatoms. The van der Waals surface area contributed by atoms with E-state index in [2.05, 4.69) is 10.6 Å². The maximum atomic E-state index is 14.0. The molecule has 2 amide bonds. The summed E-state index contributed by atoms with van der Waals surface area (Å²) in [6, 6.07) is 0. The summed E-state index contributed by atoms with van der Waals surface area (Å²) in [5.74, 6) is -3.35. The quantitative estimate of drug-likeness (QED) is 0.768. The van der Waals surface area contributed by atoms with Crippen molar-refractivity contribution in [2.24, 2.45) is 0 Å². The number of amides is 2. The Morgan fingerprint density at radius 1 is 1.34 bits per heavy atom. The first-order chi connectivity index (χ1) is 13.9. The summed E-state index contributed by atoms with van der Waals surface area (Å²) in [4.78, 5) is 37.5. The summed E-state index contributed by atoms with van der Waals surface area (Å²) in [5, 5.41) is 4.89. The number of hydrogen-bond acceptors (Lipinski definition) is 5. The molecule has 1 aliphatic heterocycles. The fraction of sp³-hybridized carbons (Fsp3) is 0.316. The second kappa shape index (κ2) is 8.39. The Hall–Kier alpha value is -3.27. The van der Waals surface area contributed by atoms with Gasteiger partial charge in [-0.3, -0.25) is 14.4 Å². The largest absolute Gasteiger partial charge is 0.491 e. The summed E-state index contributed by atoms with van der Waals surface area (Å²) >= 11 is 0. The molecule has 2 heterocycles. The fourth-order valence-corrected chi connectivity index (χ4v) is 3.05. The molecule has 154 valence electrons. The highest BCUT2D eigenvalue weighted by atomic mass is 19.1. The van der Waals surface area contributed by atoms with E-state index in [9.17, 15) is 23.2 Å². The summed E-state index contributed by atoms with van der Waals surface area (Å²) < 4.78 is 39.5. The lowest BCUT2D eigenvalue weighted by Crippen LogP contribution is -2.47. The first-order valence-corrected chi connectivity index (χ1v) is 8.71. The molecule has 3 rings (SSSR count). The number of aromatic nitrogens is 1. The molecule has 1 aromatic heterocycles. The van der Waals surface area contributed by atoms with Gasteiger partial charge in [0.2, 0.25) is 5.43 Å². The minimum atomic E-state index is -0.857. The molecule has 1 aromatic rings. The standard InChI is InChI=1S/C19H19F2N3O5/c1-28-14-9-24-8-11(16(25)17(29-2)15(24)19(27)23-14)18(26)22-7-10-12(20)5-3-4-6-13(10)21/h3,5-6,8,14H,4,7,9H2,1-2H3,(H,22,26)(H,23,27). The number of methoxy groups -OCH3 is 2. The first kappa shape index (κ1) is 20.5. The zero-order valence-corrected chi connectivity index (χ0v) is 15.8. The van der Waals surface area contributed by atoms with Crippen molar-refractivity contribution in [3.63, 3.8) is 0 Å².